The fourth-order valence-electron chi connectivity index (χ4n) is 8.57. The van der Waals surface area contributed by atoms with Gasteiger partial charge in [-0.1, -0.05) is 19.1 Å². The van der Waals surface area contributed by atoms with Crippen LogP contribution in [0, 0.1) is 23.2 Å². The van der Waals surface area contributed by atoms with E-state index < -0.39 is 0 Å². The molecule has 2 aromatic rings. The fourth-order valence-corrected chi connectivity index (χ4v) is 8.57. The number of benzene rings is 1. The van der Waals surface area contributed by atoms with Crippen molar-refractivity contribution in [3.05, 3.63) is 59.4 Å². The molecule has 1 aromatic carbocycles. The van der Waals surface area contributed by atoms with Gasteiger partial charge in [0.2, 0.25) is 5.91 Å². The van der Waals surface area contributed by atoms with Crippen LogP contribution in [-0.4, -0.2) is 61.5 Å². The van der Waals surface area contributed by atoms with Crippen molar-refractivity contribution in [2.75, 3.05) is 44.8 Å². The number of nitrogens with zero attached hydrogens (tertiary/aromatic N) is 3. The third kappa shape index (κ3) is 5.32. The number of amides is 1. The highest BCUT2D eigenvalue weighted by atomic mass is 16.5. The normalized spacial score (nSPS) is 29.4. The Morgan fingerprint density at radius 2 is 2.02 bits per heavy atom. The first-order chi connectivity index (χ1) is 19.4. The van der Waals surface area contributed by atoms with Crippen molar-refractivity contribution in [2.24, 2.45) is 23.2 Å². The van der Waals surface area contributed by atoms with Gasteiger partial charge in [0.25, 0.3) is 0 Å². The Kier molecular flexibility index (Phi) is 7.98. The van der Waals surface area contributed by atoms with Crippen molar-refractivity contribution in [1.29, 1.82) is 0 Å². The van der Waals surface area contributed by atoms with Crippen LogP contribution < -0.4 is 4.90 Å². The SMILES string of the molecule is CN(CCc1ccccn1)c1ccc2c(c1)CC[C@H]1[C@@H]3[C@@H](CCCC(=O)N4CCOCC4)CC(=O)[C@@]3(C)CC[C@H]21. The summed E-state index contributed by atoms with van der Waals surface area (Å²) in [6.07, 6.45) is 10.4. The van der Waals surface area contributed by atoms with Gasteiger partial charge in [-0.05, 0) is 97.6 Å². The molecule has 6 rings (SSSR count). The van der Waals surface area contributed by atoms with E-state index in [0.29, 0.717) is 68.6 Å². The second kappa shape index (κ2) is 11.6. The van der Waals surface area contributed by atoms with E-state index in [0.717, 1.165) is 50.8 Å². The van der Waals surface area contributed by atoms with Crippen LogP contribution in [0.2, 0.25) is 0 Å². The van der Waals surface area contributed by atoms with Crippen LogP contribution in [0.1, 0.15) is 74.6 Å². The standard InChI is InChI=1S/C34H45N3O3/c1-34-15-13-29-28-12-10-27(36(2)17-14-26-7-3-4-16-35-26)22-24(28)9-11-30(29)33(34)25(23-31(34)38)6-5-8-32(39)37-18-20-40-21-19-37/h3-4,7,10,12,16,22,25,29-30,33H,5-6,8-9,11,13-15,17-21,23H2,1-2H3/t25-,29+,30+,33-,34+/m0/s1. The predicted molar refractivity (Wildman–Crippen MR) is 157 cm³/mol. The summed E-state index contributed by atoms with van der Waals surface area (Å²) in [5, 5.41) is 0. The first-order valence-corrected chi connectivity index (χ1v) is 15.6. The van der Waals surface area contributed by atoms with Gasteiger partial charge >= 0.3 is 0 Å². The molecule has 1 aromatic heterocycles. The van der Waals surface area contributed by atoms with Crippen LogP contribution in [0.25, 0.3) is 0 Å². The molecule has 5 atom stereocenters. The van der Waals surface area contributed by atoms with Gasteiger partial charge in [-0.3, -0.25) is 14.6 Å². The largest absolute Gasteiger partial charge is 0.378 e. The average Bonchev–Trinajstić information content (AvgIpc) is 3.25. The van der Waals surface area contributed by atoms with Crippen LogP contribution in [0.3, 0.4) is 0 Å². The molecule has 3 fully saturated rings. The van der Waals surface area contributed by atoms with Gasteiger partial charge in [0.05, 0.1) is 13.2 Å². The molecular formula is C34H45N3O3. The van der Waals surface area contributed by atoms with Gasteiger partial charge in [0.1, 0.15) is 5.78 Å². The number of ether oxygens (including phenoxy) is 1. The summed E-state index contributed by atoms with van der Waals surface area (Å²) in [7, 11) is 2.18. The summed E-state index contributed by atoms with van der Waals surface area (Å²) in [5.74, 6) is 2.73. The highest BCUT2D eigenvalue weighted by Crippen LogP contribution is 2.62. The molecule has 0 spiro atoms. The summed E-state index contributed by atoms with van der Waals surface area (Å²) in [5.41, 5.74) is 5.27. The zero-order valence-electron chi connectivity index (χ0n) is 24.3. The first-order valence-electron chi connectivity index (χ1n) is 15.6. The number of anilines is 1. The van der Waals surface area contributed by atoms with Gasteiger partial charge in [0, 0.05) is 68.9 Å². The molecule has 0 radical (unpaired) electrons. The molecule has 2 heterocycles. The molecule has 3 aliphatic carbocycles. The van der Waals surface area contributed by atoms with Crippen LogP contribution in [0.5, 0.6) is 0 Å². The summed E-state index contributed by atoms with van der Waals surface area (Å²) >= 11 is 0. The van der Waals surface area contributed by atoms with Crippen molar-refractivity contribution in [3.63, 3.8) is 0 Å². The molecule has 4 aliphatic rings. The van der Waals surface area contributed by atoms with Gasteiger partial charge in [-0.2, -0.15) is 0 Å². The number of pyridine rings is 1. The number of fused-ring (bicyclic) bond motifs is 5. The lowest BCUT2D eigenvalue weighted by atomic mass is 9.54. The number of carbonyl (C=O) groups excluding carboxylic acids is 2. The minimum atomic E-state index is -0.177. The van der Waals surface area contributed by atoms with E-state index in [9.17, 15) is 9.59 Å². The third-order valence-electron chi connectivity index (χ3n) is 10.8. The smallest absolute Gasteiger partial charge is 0.222 e. The fraction of sp³-hybridized carbons (Fsp3) is 0.618. The van der Waals surface area contributed by atoms with Gasteiger partial charge in [0.15, 0.2) is 0 Å². The molecule has 1 aliphatic heterocycles. The molecule has 0 bridgehead atoms. The maximum Gasteiger partial charge on any atom is 0.222 e. The molecular weight excluding hydrogens is 498 g/mol. The van der Waals surface area contributed by atoms with Gasteiger partial charge in [-0.25, -0.2) is 0 Å². The van der Waals surface area contributed by atoms with E-state index in [1.807, 2.05) is 17.2 Å². The lowest BCUT2D eigenvalue weighted by Crippen LogP contribution is -2.44. The Morgan fingerprint density at radius 3 is 2.83 bits per heavy atom. The molecule has 0 unspecified atom stereocenters. The Balaban J connectivity index is 1.12. The maximum atomic E-state index is 13.4. The van der Waals surface area contributed by atoms with Gasteiger partial charge in [-0.15, -0.1) is 0 Å². The van der Waals surface area contributed by atoms with Crippen molar-refractivity contribution in [3.8, 4) is 0 Å². The van der Waals surface area contributed by atoms with Crippen molar-refractivity contribution in [1.82, 2.24) is 9.88 Å². The quantitative estimate of drug-likeness (QED) is 0.444. The number of hydrogen-bond acceptors (Lipinski definition) is 5. The average molecular weight is 544 g/mol. The zero-order valence-corrected chi connectivity index (χ0v) is 24.3. The highest BCUT2D eigenvalue weighted by Gasteiger charge is 2.58. The second-order valence-electron chi connectivity index (χ2n) is 12.9. The molecule has 6 heteroatoms. The van der Waals surface area contributed by atoms with Crippen LogP contribution in [-0.2, 0) is 27.2 Å². The number of aromatic nitrogens is 1. The van der Waals surface area contributed by atoms with E-state index in [4.69, 9.17) is 4.74 Å². The Morgan fingerprint density at radius 1 is 1.18 bits per heavy atom. The van der Waals surface area contributed by atoms with E-state index in [1.54, 1.807) is 0 Å². The van der Waals surface area contributed by atoms with Crippen LogP contribution in [0.4, 0.5) is 5.69 Å². The zero-order chi connectivity index (χ0) is 27.7. The van der Waals surface area contributed by atoms with Crippen LogP contribution in [0.15, 0.2) is 42.6 Å². The molecule has 1 saturated heterocycles. The highest BCUT2D eigenvalue weighted by molar-refractivity contribution is 5.87. The molecule has 214 valence electrons. The molecule has 6 nitrogen and oxygen atoms in total. The van der Waals surface area contributed by atoms with E-state index in [1.165, 1.54) is 23.2 Å². The van der Waals surface area contributed by atoms with Crippen LogP contribution >= 0.6 is 0 Å². The first kappa shape index (κ1) is 27.4. The van der Waals surface area contributed by atoms with Gasteiger partial charge < -0.3 is 14.5 Å². The molecule has 1 amide bonds. The number of likely N-dealkylation sites (N-methyl/N-ethyl adjacent to an activating group) is 1. The van der Waals surface area contributed by atoms with E-state index in [-0.39, 0.29) is 11.3 Å². The lowest BCUT2D eigenvalue weighted by Gasteiger charge is -2.50. The number of ketones is 1. The number of carbonyl (C=O) groups is 2. The Hall–Kier alpha value is -2.73. The summed E-state index contributed by atoms with van der Waals surface area (Å²) in [6, 6.07) is 13.2. The summed E-state index contributed by atoms with van der Waals surface area (Å²) in [4.78, 5) is 34.9. The number of Topliss-reactive ketones (excluding diaryl/α,β-unsaturated/α-hetero) is 1. The number of rotatable bonds is 8. The van der Waals surface area contributed by atoms with Crippen molar-refractivity contribution < 1.29 is 14.3 Å². The maximum absolute atomic E-state index is 13.4. The Labute approximate surface area is 239 Å². The molecule has 40 heavy (non-hydrogen) atoms. The molecule has 2 saturated carbocycles. The Bertz CT molecular complexity index is 1210. The van der Waals surface area contributed by atoms with E-state index >= 15 is 0 Å². The lowest BCUT2D eigenvalue weighted by molar-refractivity contribution is -0.135. The molecule has 0 N–H and O–H groups in total. The topological polar surface area (TPSA) is 62.7 Å². The minimum Gasteiger partial charge on any atom is -0.378 e. The van der Waals surface area contributed by atoms with E-state index in [2.05, 4.69) is 54.2 Å². The third-order valence-corrected chi connectivity index (χ3v) is 10.8. The predicted octanol–water partition coefficient (Wildman–Crippen LogP) is 5.44. The van der Waals surface area contributed by atoms with Crippen molar-refractivity contribution >= 4 is 17.4 Å². The minimum absolute atomic E-state index is 0.177. The van der Waals surface area contributed by atoms with Crippen molar-refractivity contribution in [2.45, 2.75) is 70.6 Å². The number of morpholine rings is 1. The summed E-state index contributed by atoms with van der Waals surface area (Å²) in [6.45, 7) is 5.94. The number of aryl methyl sites for hydroxylation is 1. The second-order valence-corrected chi connectivity index (χ2v) is 12.9. The number of hydrogen-bond donors (Lipinski definition) is 0. The monoisotopic (exact) mass is 543 g/mol. The summed E-state index contributed by atoms with van der Waals surface area (Å²) < 4.78 is 5.40.